The van der Waals surface area contributed by atoms with Crippen molar-refractivity contribution in [2.45, 2.75) is 18.7 Å². The first-order chi connectivity index (χ1) is 16.3. The number of rotatable bonds is 7. The second kappa shape index (κ2) is 9.93. The van der Waals surface area contributed by atoms with E-state index in [1.54, 1.807) is 42.5 Å². The molecular formula is C28H26N2O3S. The highest BCUT2D eigenvalue weighted by molar-refractivity contribution is 7.92. The van der Waals surface area contributed by atoms with E-state index in [1.807, 2.05) is 74.5 Å². The number of nitrogens with zero attached hydrogens (tertiary/aromatic N) is 1. The molecular weight excluding hydrogens is 444 g/mol. The molecule has 0 spiro atoms. The molecule has 4 aromatic rings. The number of hydrogen-bond acceptors (Lipinski definition) is 3. The van der Waals surface area contributed by atoms with E-state index in [2.05, 4.69) is 5.32 Å². The summed E-state index contributed by atoms with van der Waals surface area (Å²) in [6.45, 7) is 3.42. The summed E-state index contributed by atoms with van der Waals surface area (Å²) in [6.07, 6.45) is 0. The summed E-state index contributed by atoms with van der Waals surface area (Å²) in [6, 6.07) is 30.9. The second-order valence-electron chi connectivity index (χ2n) is 8.12. The van der Waals surface area contributed by atoms with Crippen LogP contribution in [-0.4, -0.2) is 20.9 Å². The molecule has 4 rings (SSSR count). The first-order valence-corrected chi connectivity index (χ1v) is 12.4. The number of carbonyl (C=O) groups is 1. The van der Waals surface area contributed by atoms with Crippen molar-refractivity contribution in [3.05, 3.63) is 114 Å². The molecule has 1 N–H and O–H groups in total. The van der Waals surface area contributed by atoms with Gasteiger partial charge in [-0.2, -0.15) is 0 Å². The molecule has 0 saturated carbocycles. The number of hydrogen-bond donors (Lipinski definition) is 1. The van der Waals surface area contributed by atoms with Crippen LogP contribution in [0.5, 0.6) is 0 Å². The van der Waals surface area contributed by atoms with Gasteiger partial charge in [0.15, 0.2) is 0 Å². The van der Waals surface area contributed by atoms with Crippen molar-refractivity contribution in [3.8, 4) is 11.1 Å². The van der Waals surface area contributed by atoms with Gasteiger partial charge in [-0.3, -0.25) is 9.10 Å². The number of carbonyl (C=O) groups excluding carboxylic acids is 1. The van der Waals surface area contributed by atoms with Crippen molar-refractivity contribution >= 4 is 27.3 Å². The Morgan fingerprint density at radius 1 is 0.765 bits per heavy atom. The van der Waals surface area contributed by atoms with E-state index in [-0.39, 0.29) is 11.4 Å². The molecule has 0 unspecified atom stereocenters. The molecule has 0 bridgehead atoms. The molecule has 0 aromatic heterocycles. The van der Waals surface area contributed by atoms with Crippen LogP contribution in [0.4, 0.5) is 11.4 Å². The molecule has 4 aromatic carbocycles. The van der Waals surface area contributed by atoms with E-state index in [9.17, 15) is 13.2 Å². The van der Waals surface area contributed by atoms with Crippen LogP contribution in [0, 0.1) is 13.8 Å². The van der Waals surface area contributed by atoms with Crippen molar-refractivity contribution in [2.24, 2.45) is 0 Å². The molecule has 34 heavy (non-hydrogen) atoms. The Morgan fingerprint density at radius 3 is 2.15 bits per heavy atom. The largest absolute Gasteiger partial charge is 0.324 e. The summed E-state index contributed by atoms with van der Waals surface area (Å²) >= 11 is 0. The molecule has 0 saturated heterocycles. The van der Waals surface area contributed by atoms with Crippen molar-refractivity contribution in [2.75, 3.05) is 16.2 Å². The van der Waals surface area contributed by atoms with Crippen molar-refractivity contribution in [3.63, 3.8) is 0 Å². The fraction of sp³-hybridized carbons (Fsp3) is 0.107. The summed E-state index contributed by atoms with van der Waals surface area (Å²) < 4.78 is 28.3. The second-order valence-corrected chi connectivity index (χ2v) is 9.99. The summed E-state index contributed by atoms with van der Waals surface area (Å²) in [4.78, 5) is 13.3. The highest BCUT2D eigenvalue weighted by Crippen LogP contribution is 2.29. The lowest BCUT2D eigenvalue weighted by atomic mass is 10.0. The maximum Gasteiger partial charge on any atom is 0.264 e. The van der Waals surface area contributed by atoms with Gasteiger partial charge < -0.3 is 5.32 Å². The van der Waals surface area contributed by atoms with E-state index in [1.165, 1.54) is 0 Å². The summed E-state index contributed by atoms with van der Waals surface area (Å²) in [5, 5.41) is 2.91. The third-order valence-corrected chi connectivity index (χ3v) is 7.26. The molecule has 0 aliphatic rings. The van der Waals surface area contributed by atoms with Crippen molar-refractivity contribution < 1.29 is 13.2 Å². The van der Waals surface area contributed by atoms with Gasteiger partial charge in [0.2, 0.25) is 5.91 Å². The molecule has 0 atom stereocenters. The fourth-order valence-corrected chi connectivity index (χ4v) is 5.13. The van der Waals surface area contributed by atoms with E-state index < -0.39 is 15.9 Å². The Labute approximate surface area is 200 Å². The predicted molar refractivity (Wildman–Crippen MR) is 137 cm³/mol. The first kappa shape index (κ1) is 23.3. The molecule has 0 heterocycles. The highest BCUT2D eigenvalue weighted by Gasteiger charge is 2.27. The maximum absolute atomic E-state index is 13.6. The highest BCUT2D eigenvalue weighted by atomic mass is 32.2. The van der Waals surface area contributed by atoms with Gasteiger partial charge in [0.05, 0.1) is 10.6 Å². The molecule has 6 heteroatoms. The number of amides is 1. The average molecular weight is 471 g/mol. The molecule has 0 radical (unpaired) electrons. The average Bonchev–Trinajstić information content (AvgIpc) is 2.83. The summed E-state index contributed by atoms with van der Waals surface area (Å²) in [5.74, 6) is -0.430. The number of anilines is 2. The van der Waals surface area contributed by atoms with Gasteiger partial charge in [-0.05, 0) is 55.3 Å². The smallest absolute Gasteiger partial charge is 0.264 e. The topological polar surface area (TPSA) is 66.5 Å². The SMILES string of the molecule is Cc1ccc(S(=O)(=O)N(CC(=O)Nc2ccccc2-c2ccccc2)c2cccc(C)c2)cc1. The minimum Gasteiger partial charge on any atom is -0.324 e. The molecule has 0 aliphatic heterocycles. The number of aryl methyl sites for hydroxylation is 2. The van der Waals surface area contributed by atoms with E-state index in [0.717, 1.165) is 26.6 Å². The Balaban J connectivity index is 1.67. The van der Waals surface area contributed by atoms with Gasteiger partial charge in [-0.25, -0.2) is 8.42 Å². The molecule has 0 aliphatic carbocycles. The van der Waals surface area contributed by atoms with Crippen LogP contribution in [0.25, 0.3) is 11.1 Å². The Bertz CT molecular complexity index is 1400. The normalized spacial score (nSPS) is 11.1. The third kappa shape index (κ3) is 5.18. The minimum absolute atomic E-state index is 0.136. The Morgan fingerprint density at radius 2 is 1.44 bits per heavy atom. The first-order valence-electron chi connectivity index (χ1n) is 10.9. The van der Waals surface area contributed by atoms with Gasteiger partial charge in [0, 0.05) is 11.3 Å². The molecule has 0 fully saturated rings. The lowest BCUT2D eigenvalue weighted by Crippen LogP contribution is -2.38. The number of benzene rings is 4. The third-order valence-electron chi connectivity index (χ3n) is 5.47. The van der Waals surface area contributed by atoms with Crippen molar-refractivity contribution in [1.82, 2.24) is 0 Å². The quantitative estimate of drug-likeness (QED) is 0.371. The number of nitrogens with one attached hydrogen (secondary N) is 1. The van der Waals surface area contributed by atoms with Crippen LogP contribution >= 0.6 is 0 Å². The maximum atomic E-state index is 13.6. The van der Waals surface area contributed by atoms with Crippen LogP contribution in [-0.2, 0) is 14.8 Å². The lowest BCUT2D eigenvalue weighted by Gasteiger charge is -2.25. The van der Waals surface area contributed by atoms with E-state index in [4.69, 9.17) is 0 Å². The molecule has 172 valence electrons. The van der Waals surface area contributed by atoms with E-state index in [0.29, 0.717) is 11.4 Å². The monoisotopic (exact) mass is 470 g/mol. The standard InChI is InChI=1S/C28H26N2O3S/c1-21-15-17-25(18-16-21)34(32,33)30(24-12-8-9-22(2)19-24)20-28(31)29-27-14-7-6-13-26(27)23-10-4-3-5-11-23/h3-19H,20H2,1-2H3,(H,29,31). The minimum atomic E-state index is -3.96. The van der Waals surface area contributed by atoms with Gasteiger partial charge in [0.1, 0.15) is 6.54 Å². The van der Waals surface area contributed by atoms with Gasteiger partial charge in [-0.1, -0.05) is 78.4 Å². The molecule has 1 amide bonds. The Hall–Kier alpha value is -3.90. The summed E-state index contributed by atoms with van der Waals surface area (Å²) in [5.41, 5.74) is 4.73. The Kier molecular flexibility index (Phi) is 6.80. The van der Waals surface area contributed by atoms with Crippen LogP contribution in [0.3, 0.4) is 0 Å². The van der Waals surface area contributed by atoms with Gasteiger partial charge >= 0.3 is 0 Å². The van der Waals surface area contributed by atoms with Crippen LogP contribution in [0.15, 0.2) is 108 Å². The van der Waals surface area contributed by atoms with Crippen molar-refractivity contribution in [1.29, 1.82) is 0 Å². The van der Waals surface area contributed by atoms with Crippen LogP contribution in [0.1, 0.15) is 11.1 Å². The summed E-state index contributed by atoms with van der Waals surface area (Å²) in [7, 11) is -3.96. The number of para-hydroxylation sites is 1. The van der Waals surface area contributed by atoms with Crippen LogP contribution < -0.4 is 9.62 Å². The fourth-order valence-electron chi connectivity index (χ4n) is 3.72. The zero-order chi connectivity index (χ0) is 24.1. The van der Waals surface area contributed by atoms with E-state index >= 15 is 0 Å². The molecule has 5 nitrogen and oxygen atoms in total. The predicted octanol–water partition coefficient (Wildman–Crippen LogP) is 5.80. The van der Waals surface area contributed by atoms with Gasteiger partial charge in [0.25, 0.3) is 10.0 Å². The lowest BCUT2D eigenvalue weighted by molar-refractivity contribution is -0.114. The van der Waals surface area contributed by atoms with Gasteiger partial charge in [-0.15, -0.1) is 0 Å². The van der Waals surface area contributed by atoms with Crippen LogP contribution in [0.2, 0.25) is 0 Å². The zero-order valence-corrected chi connectivity index (χ0v) is 19.9. The zero-order valence-electron chi connectivity index (χ0n) is 19.1. The number of sulfonamides is 1.